The molecule has 18 heavy (non-hydrogen) atoms. The summed E-state index contributed by atoms with van der Waals surface area (Å²) in [5.41, 5.74) is 2.30. The monoisotopic (exact) mass is 260 g/mol. The number of carbonyl (C=O) groups is 1. The third-order valence-electron chi connectivity index (χ3n) is 2.67. The molecule has 0 saturated carbocycles. The molecule has 0 spiro atoms. The van der Waals surface area contributed by atoms with Gasteiger partial charge in [-0.2, -0.15) is 5.10 Å². The number of carbonyl (C=O) groups excluding carboxylic acids is 1. The van der Waals surface area contributed by atoms with Crippen LogP contribution in [0.25, 0.3) is 17.0 Å². The minimum Gasteiger partial charge on any atom is -0.288 e. The van der Waals surface area contributed by atoms with Crippen LogP contribution in [-0.4, -0.2) is 20.6 Å². The van der Waals surface area contributed by atoms with Crippen LogP contribution in [0.2, 0.25) is 0 Å². The van der Waals surface area contributed by atoms with Gasteiger partial charge in [-0.05, 0) is 18.1 Å². The highest BCUT2D eigenvalue weighted by Gasteiger charge is 1.98. The molecule has 1 aromatic carbocycles. The number of aryl methyl sites for hydroxylation is 1. The zero-order valence-electron chi connectivity index (χ0n) is 10.6. The van der Waals surface area contributed by atoms with Crippen molar-refractivity contribution in [1.82, 2.24) is 9.78 Å². The molecule has 0 unspecified atom stereocenters. The Labute approximate surface area is 111 Å². The topological polar surface area (TPSA) is 34.9 Å². The summed E-state index contributed by atoms with van der Waals surface area (Å²) >= 11 is 1.37. The Morgan fingerprint density at radius 2 is 2.33 bits per heavy atom. The summed E-state index contributed by atoms with van der Waals surface area (Å²) in [4.78, 5) is 10.8. The van der Waals surface area contributed by atoms with Crippen LogP contribution in [0.5, 0.6) is 0 Å². The number of fused-ring (bicyclic) bond motifs is 1. The smallest absolute Gasteiger partial charge is 0.185 e. The second kappa shape index (κ2) is 5.87. The zero-order valence-corrected chi connectivity index (χ0v) is 11.4. The van der Waals surface area contributed by atoms with Gasteiger partial charge in [0.25, 0.3) is 0 Å². The lowest BCUT2D eigenvalue weighted by atomic mass is 10.1. The summed E-state index contributed by atoms with van der Waals surface area (Å²) in [6, 6.07) is 6.28. The summed E-state index contributed by atoms with van der Waals surface area (Å²) in [7, 11) is 1.94. The van der Waals surface area contributed by atoms with E-state index in [1.807, 2.05) is 17.9 Å². The van der Waals surface area contributed by atoms with Crippen molar-refractivity contribution in [2.45, 2.75) is 13.3 Å². The normalized spacial score (nSPS) is 11.4. The van der Waals surface area contributed by atoms with Crippen molar-refractivity contribution in [3.63, 3.8) is 0 Å². The van der Waals surface area contributed by atoms with Gasteiger partial charge in [0.1, 0.15) is 0 Å². The van der Waals surface area contributed by atoms with E-state index in [1.54, 1.807) is 6.92 Å². The molecule has 0 N–H and O–H groups in total. The second-order valence-electron chi connectivity index (χ2n) is 4.12. The van der Waals surface area contributed by atoms with Crippen molar-refractivity contribution in [1.29, 1.82) is 0 Å². The maximum atomic E-state index is 10.8. The molecule has 0 radical (unpaired) electrons. The van der Waals surface area contributed by atoms with Crippen molar-refractivity contribution in [3.05, 3.63) is 36.0 Å². The molecule has 2 rings (SSSR count). The highest BCUT2D eigenvalue weighted by atomic mass is 32.2. The number of hydrogen-bond acceptors (Lipinski definition) is 3. The lowest BCUT2D eigenvalue weighted by Gasteiger charge is -1.97. The van der Waals surface area contributed by atoms with Gasteiger partial charge < -0.3 is 0 Å². The quantitative estimate of drug-likeness (QED) is 0.791. The van der Waals surface area contributed by atoms with Gasteiger partial charge in [-0.3, -0.25) is 9.48 Å². The van der Waals surface area contributed by atoms with Crippen LogP contribution < -0.4 is 0 Å². The van der Waals surface area contributed by atoms with E-state index in [4.69, 9.17) is 0 Å². The van der Waals surface area contributed by atoms with Gasteiger partial charge in [0.15, 0.2) is 5.12 Å². The zero-order chi connectivity index (χ0) is 13.0. The fourth-order valence-electron chi connectivity index (χ4n) is 1.75. The van der Waals surface area contributed by atoms with Gasteiger partial charge in [-0.15, -0.1) is 0 Å². The van der Waals surface area contributed by atoms with E-state index < -0.39 is 0 Å². The Bertz CT molecular complexity index is 586. The molecule has 4 heteroatoms. The number of thioether (sulfide) groups is 1. The average Bonchev–Trinajstić information content (AvgIpc) is 2.70. The van der Waals surface area contributed by atoms with E-state index in [2.05, 4.69) is 35.4 Å². The molecule has 0 bridgehead atoms. The molecule has 2 aromatic rings. The van der Waals surface area contributed by atoms with Gasteiger partial charge in [0.2, 0.25) is 0 Å². The maximum absolute atomic E-state index is 10.8. The highest BCUT2D eigenvalue weighted by molar-refractivity contribution is 8.13. The number of benzene rings is 1. The van der Waals surface area contributed by atoms with E-state index in [0.717, 1.165) is 23.1 Å². The van der Waals surface area contributed by atoms with Gasteiger partial charge in [-0.25, -0.2) is 0 Å². The molecule has 0 atom stereocenters. The SMILES string of the molecule is CC(=O)SCCC=Cc1ccc2cnn(C)c2c1. The van der Waals surface area contributed by atoms with Crippen LogP contribution in [0.1, 0.15) is 18.9 Å². The van der Waals surface area contributed by atoms with Gasteiger partial charge in [0.05, 0.1) is 11.7 Å². The Hall–Kier alpha value is -1.55. The molecule has 3 nitrogen and oxygen atoms in total. The number of hydrogen-bond donors (Lipinski definition) is 0. The summed E-state index contributed by atoms with van der Waals surface area (Å²) in [6.45, 7) is 1.60. The van der Waals surface area contributed by atoms with Crippen LogP contribution in [0.15, 0.2) is 30.5 Å². The van der Waals surface area contributed by atoms with Crippen molar-refractivity contribution in [3.8, 4) is 0 Å². The van der Waals surface area contributed by atoms with Crippen LogP contribution in [0.4, 0.5) is 0 Å². The Balaban J connectivity index is 2.00. The Morgan fingerprint density at radius 3 is 3.11 bits per heavy atom. The van der Waals surface area contributed by atoms with E-state index in [1.165, 1.54) is 17.3 Å². The molecule has 0 fully saturated rings. The predicted molar refractivity (Wildman–Crippen MR) is 77.5 cm³/mol. The lowest BCUT2D eigenvalue weighted by molar-refractivity contribution is -0.109. The molecule has 0 aliphatic rings. The predicted octanol–water partition coefficient (Wildman–Crippen LogP) is 3.26. The van der Waals surface area contributed by atoms with Crippen LogP contribution >= 0.6 is 11.8 Å². The third kappa shape index (κ3) is 3.23. The first-order valence-electron chi connectivity index (χ1n) is 5.88. The molecule has 1 aromatic heterocycles. The van der Waals surface area contributed by atoms with Crippen molar-refractivity contribution >= 4 is 33.9 Å². The minimum atomic E-state index is 0.180. The molecule has 94 valence electrons. The first-order valence-corrected chi connectivity index (χ1v) is 6.87. The van der Waals surface area contributed by atoms with Crippen LogP contribution in [-0.2, 0) is 11.8 Å². The van der Waals surface area contributed by atoms with Crippen LogP contribution in [0.3, 0.4) is 0 Å². The highest BCUT2D eigenvalue weighted by Crippen LogP contribution is 2.16. The molecule has 0 saturated heterocycles. The fourth-order valence-corrected chi connectivity index (χ4v) is 2.30. The third-order valence-corrected chi connectivity index (χ3v) is 3.52. The standard InChI is InChI=1S/C14H16N2OS/c1-11(17)18-8-4-3-5-12-6-7-13-10-15-16(2)14(13)9-12/h3,5-7,9-10H,4,8H2,1-2H3. The van der Waals surface area contributed by atoms with Crippen molar-refractivity contribution in [2.75, 3.05) is 5.75 Å². The van der Waals surface area contributed by atoms with Gasteiger partial charge >= 0.3 is 0 Å². The Morgan fingerprint density at radius 1 is 1.50 bits per heavy atom. The van der Waals surface area contributed by atoms with E-state index in [9.17, 15) is 4.79 Å². The first kappa shape index (κ1) is 12.9. The molecule has 1 heterocycles. The number of allylic oxidation sites excluding steroid dienone is 1. The summed E-state index contributed by atoms with van der Waals surface area (Å²) in [5, 5.41) is 5.55. The molecular weight excluding hydrogens is 244 g/mol. The fraction of sp³-hybridized carbons (Fsp3) is 0.286. The van der Waals surface area contributed by atoms with E-state index >= 15 is 0 Å². The van der Waals surface area contributed by atoms with E-state index in [-0.39, 0.29) is 5.12 Å². The number of rotatable bonds is 4. The molecule has 0 aliphatic carbocycles. The summed E-state index contributed by atoms with van der Waals surface area (Å²) < 4.78 is 1.87. The molecular formula is C14H16N2OS. The average molecular weight is 260 g/mol. The maximum Gasteiger partial charge on any atom is 0.185 e. The van der Waals surface area contributed by atoms with Gasteiger partial charge in [0, 0.05) is 25.1 Å². The number of nitrogens with zero attached hydrogens (tertiary/aromatic N) is 2. The van der Waals surface area contributed by atoms with E-state index in [0.29, 0.717) is 0 Å². The van der Waals surface area contributed by atoms with Crippen LogP contribution in [0, 0.1) is 0 Å². The summed E-state index contributed by atoms with van der Waals surface area (Å²) in [6.07, 6.45) is 6.97. The Kier molecular flexibility index (Phi) is 4.20. The lowest BCUT2D eigenvalue weighted by Crippen LogP contribution is -1.88. The minimum absolute atomic E-state index is 0.180. The van der Waals surface area contributed by atoms with Crippen molar-refractivity contribution in [2.24, 2.45) is 7.05 Å². The first-order chi connectivity index (χ1) is 8.66. The van der Waals surface area contributed by atoms with Crippen molar-refractivity contribution < 1.29 is 4.79 Å². The summed E-state index contributed by atoms with van der Waals surface area (Å²) in [5.74, 6) is 0.847. The largest absolute Gasteiger partial charge is 0.288 e. The molecule has 0 aliphatic heterocycles. The second-order valence-corrected chi connectivity index (χ2v) is 5.39. The number of aromatic nitrogens is 2. The molecule has 0 amide bonds. The van der Waals surface area contributed by atoms with Gasteiger partial charge in [-0.1, -0.05) is 36.0 Å².